The quantitative estimate of drug-likeness (QED) is 0.354. The minimum Gasteiger partial charge on any atom is -0.339 e. The van der Waals surface area contributed by atoms with Gasteiger partial charge in [-0.15, -0.1) is 0 Å². The monoisotopic (exact) mass is 345 g/mol. The van der Waals surface area contributed by atoms with Crippen molar-refractivity contribution in [2.24, 2.45) is 0 Å². The van der Waals surface area contributed by atoms with Gasteiger partial charge in [0.15, 0.2) is 0 Å². The van der Waals surface area contributed by atoms with E-state index < -0.39 is 0 Å². The van der Waals surface area contributed by atoms with Crippen molar-refractivity contribution in [1.82, 2.24) is 9.08 Å². The summed E-state index contributed by atoms with van der Waals surface area (Å²) in [5.74, 6) is 6.52. The second kappa shape index (κ2) is 4.33. The lowest BCUT2D eigenvalue weighted by Gasteiger charge is -2.06. The number of fused-ring (bicyclic) bond motifs is 5. The highest BCUT2D eigenvalue weighted by atomic mass is 15.3. The minimum atomic E-state index is 1.07. The van der Waals surface area contributed by atoms with E-state index >= 15 is 0 Å². The van der Waals surface area contributed by atoms with Crippen molar-refractivity contribution in [3.05, 3.63) is 79.0 Å². The first-order chi connectivity index (χ1) is 13.3. The first kappa shape index (κ1) is 13.5. The van der Waals surface area contributed by atoms with Crippen LogP contribution >= 0.6 is 0 Å². The lowest BCUT2D eigenvalue weighted by molar-refractivity contribution is 1.12. The third-order valence-corrected chi connectivity index (χ3v) is 6.08. The van der Waals surface area contributed by atoms with Gasteiger partial charge in [0, 0.05) is 27.7 Å². The molecule has 3 heterocycles. The van der Waals surface area contributed by atoms with Gasteiger partial charge in [-0.25, -0.2) is 0 Å². The molecule has 126 valence electrons. The SMILES string of the molecule is Nn1c2cccc3c2c2c1ccc1ccn(c4ccc5ccccc5c34)c12. The molecular formula is C24H15N3. The maximum absolute atomic E-state index is 6.52. The predicted molar refractivity (Wildman–Crippen MR) is 114 cm³/mol. The molecule has 0 aliphatic rings. The zero-order valence-electron chi connectivity index (χ0n) is 14.5. The van der Waals surface area contributed by atoms with Gasteiger partial charge in [-0.3, -0.25) is 4.68 Å². The molecule has 0 amide bonds. The van der Waals surface area contributed by atoms with Crippen molar-refractivity contribution >= 4 is 59.8 Å². The highest BCUT2D eigenvalue weighted by molar-refractivity contribution is 6.32. The lowest BCUT2D eigenvalue weighted by Crippen LogP contribution is -2.06. The average Bonchev–Trinajstić information content (AvgIpc) is 3.22. The maximum Gasteiger partial charge on any atom is 0.0725 e. The number of nitrogens with zero attached hydrogens (tertiary/aromatic N) is 2. The van der Waals surface area contributed by atoms with Gasteiger partial charge in [-0.2, -0.15) is 0 Å². The van der Waals surface area contributed by atoms with E-state index in [9.17, 15) is 0 Å². The molecule has 4 aromatic carbocycles. The average molecular weight is 345 g/mol. The van der Waals surface area contributed by atoms with Crippen molar-refractivity contribution in [3.63, 3.8) is 0 Å². The highest BCUT2D eigenvalue weighted by Crippen LogP contribution is 2.42. The van der Waals surface area contributed by atoms with E-state index in [2.05, 4.69) is 83.4 Å². The summed E-state index contributed by atoms with van der Waals surface area (Å²) >= 11 is 0. The van der Waals surface area contributed by atoms with Crippen LogP contribution in [0.25, 0.3) is 59.8 Å². The molecule has 0 aliphatic carbocycles. The van der Waals surface area contributed by atoms with Gasteiger partial charge in [0.25, 0.3) is 0 Å². The topological polar surface area (TPSA) is 35.4 Å². The second-order valence-corrected chi connectivity index (χ2v) is 7.33. The molecule has 3 nitrogen and oxygen atoms in total. The van der Waals surface area contributed by atoms with Crippen LogP contribution in [-0.2, 0) is 0 Å². The van der Waals surface area contributed by atoms with Crippen molar-refractivity contribution < 1.29 is 0 Å². The van der Waals surface area contributed by atoms with E-state index in [4.69, 9.17) is 5.84 Å². The Labute approximate surface area is 154 Å². The van der Waals surface area contributed by atoms with Crippen LogP contribution < -0.4 is 5.84 Å². The largest absolute Gasteiger partial charge is 0.339 e. The molecule has 3 heteroatoms. The van der Waals surface area contributed by atoms with Crippen molar-refractivity contribution in [2.45, 2.75) is 0 Å². The van der Waals surface area contributed by atoms with Crippen LogP contribution in [0.4, 0.5) is 0 Å². The molecular weight excluding hydrogens is 330 g/mol. The van der Waals surface area contributed by atoms with Gasteiger partial charge in [0.05, 0.1) is 22.1 Å². The number of hydrogen-bond donors (Lipinski definition) is 1. The van der Waals surface area contributed by atoms with E-state index in [0.29, 0.717) is 0 Å². The first-order valence-corrected chi connectivity index (χ1v) is 9.18. The van der Waals surface area contributed by atoms with E-state index in [1.54, 1.807) is 0 Å². The van der Waals surface area contributed by atoms with Crippen LogP contribution in [0, 0.1) is 0 Å². The Morgan fingerprint density at radius 1 is 0.556 bits per heavy atom. The molecule has 0 bridgehead atoms. The molecule has 0 unspecified atom stereocenters. The van der Waals surface area contributed by atoms with Crippen LogP contribution in [0.5, 0.6) is 0 Å². The fourth-order valence-corrected chi connectivity index (χ4v) is 4.95. The minimum absolute atomic E-state index is 1.07. The Balaban J connectivity index is 2.04. The molecule has 27 heavy (non-hydrogen) atoms. The summed E-state index contributed by atoms with van der Waals surface area (Å²) in [5, 5.41) is 8.79. The highest BCUT2D eigenvalue weighted by Gasteiger charge is 2.19. The van der Waals surface area contributed by atoms with Crippen molar-refractivity contribution in [3.8, 4) is 0 Å². The Morgan fingerprint density at radius 3 is 2.30 bits per heavy atom. The van der Waals surface area contributed by atoms with Gasteiger partial charge in [-0.05, 0) is 40.4 Å². The summed E-state index contributed by atoms with van der Waals surface area (Å²) in [7, 11) is 0. The normalized spacial score (nSPS) is 12.6. The van der Waals surface area contributed by atoms with E-state index in [0.717, 1.165) is 11.0 Å². The number of hydrogen-bond acceptors (Lipinski definition) is 1. The smallest absolute Gasteiger partial charge is 0.0725 e. The van der Waals surface area contributed by atoms with E-state index in [1.165, 1.54) is 48.7 Å². The maximum atomic E-state index is 6.52. The number of benzene rings is 4. The summed E-state index contributed by atoms with van der Waals surface area (Å²) in [6, 6.07) is 26.1. The van der Waals surface area contributed by atoms with E-state index in [-0.39, 0.29) is 0 Å². The second-order valence-electron chi connectivity index (χ2n) is 7.33. The standard InChI is InChI=1S/C24H15N3/c25-27-19-7-3-6-17-21-16-5-2-1-4-14(16)8-10-18(21)26-13-12-15-9-11-20(27)23(22(17)19)24(15)26/h1-13H,25H2. The summed E-state index contributed by atoms with van der Waals surface area (Å²) < 4.78 is 4.17. The van der Waals surface area contributed by atoms with Crippen LogP contribution in [0.1, 0.15) is 0 Å². The van der Waals surface area contributed by atoms with Crippen LogP contribution in [0.3, 0.4) is 0 Å². The lowest BCUT2D eigenvalue weighted by atomic mass is 10.00. The molecule has 3 aromatic heterocycles. The fraction of sp³-hybridized carbons (Fsp3) is 0. The van der Waals surface area contributed by atoms with Crippen molar-refractivity contribution in [1.29, 1.82) is 0 Å². The van der Waals surface area contributed by atoms with Gasteiger partial charge >= 0.3 is 0 Å². The Hall–Kier alpha value is -3.72. The third kappa shape index (κ3) is 1.42. The van der Waals surface area contributed by atoms with Crippen LogP contribution in [-0.4, -0.2) is 9.08 Å². The molecule has 0 fully saturated rings. The first-order valence-electron chi connectivity index (χ1n) is 9.18. The molecule has 2 N–H and O–H groups in total. The van der Waals surface area contributed by atoms with Gasteiger partial charge in [-0.1, -0.05) is 48.5 Å². The van der Waals surface area contributed by atoms with Gasteiger partial charge in [0.2, 0.25) is 0 Å². The summed E-state index contributed by atoms with van der Waals surface area (Å²) in [6.07, 6.45) is 2.18. The number of nitrogen functional groups attached to an aromatic ring is 1. The molecule has 7 aromatic rings. The van der Waals surface area contributed by atoms with E-state index in [1.807, 2.05) is 4.68 Å². The zero-order valence-corrected chi connectivity index (χ0v) is 14.5. The van der Waals surface area contributed by atoms with Crippen LogP contribution in [0.15, 0.2) is 79.0 Å². The molecule has 7 rings (SSSR count). The molecule has 0 radical (unpaired) electrons. The van der Waals surface area contributed by atoms with Crippen molar-refractivity contribution in [2.75, 3.05) is 5.84 Å². The molecule has 0 aliphatic heterocycles. The number of nitrogens with two attached hydrogens (primary N) is 1. The summed E-state index contributed by atoms with van der Waals surface area (Å²) in [4.78, 5) is 0. The Morgan fingerprint density at radius 2 is 1.33 bits per heavy atom. The zero-order chi connectivity index (χ0) is 17.7. The predicted octanol–water partition coefficient (Wildman–Crippen LogP) is 5.66. The van der Waals surface area contributed by atoms with Gasteiger partial charge < -0.3 is 10.2 Å². The Kier molecular flexibility index (Phi) is 2.16. The Bertz CT molecular complexity index is 1680. The number of rotatable bonds is 0. The van der Waals surface area contributed by atoms with Gasteiger partial charge in [0.1, 0.15) is 0 Å². The summed E-state index contributed by atoms with van der Waals surface area (Å²) in [5.41, 5.74) is 4.61. The molecule has 0 spiro atoms. The fourth-order valence-electron chi connectivity index (χ4n) is 4.95. The third-order valence-electron chi connectivity index (χ3n) is 6.08. The molecule has 0 saturated heterocycles. The van der Waals surface area contributed by atoms with Crippen LogP contribution in [0.2, 0.25) is 0 Å². The summed E-state index contributed by atoms with van der Waals surface area (Å²) in [6.45, 7) is 0. The number of aromatic nitrogens is 2. The molecule has 0 atom stereocenters. The molecule has 0 saturated carbocycles.